The molecule has 1 aromatic heterocycles. The summed E-state index contributed by atoms with van der Waals surface area (Å²) in [5, 5.41) is 2.19. The first-order chi connectivity index (χ1) is 14.3. The van der Waals surface area contributed by atoms with Crippen molar-refractivity contribution in [3.63, 3.8) is 0 Å². The first kappa shape index (κ1) is 22.0. The Morgan fingerprint density at radius 1 is 0.966 bits per heavy atom. The highest BCUT2D eigenvalue weighted by Gasteiger charge is 2.10. The topological polar surface area (TPSA) is 32.3 Å². The molecular weight excluding hydrogens is 416 g/mol. The molecular formula is C23H26N2OS3. The number of thiophene rings is 1. The third kappa shape index (κ3) is 7.23. The van der Waals surface area contributed by atoms with E-state index in [-0.39, 0.29) is 0 Å². The lowest BCUT2D eigenvalue weighted by Gasteiger charge is -2.28. The SMILES string of the molecule is CNSc1cc(Sc2ccccc2)cs1.O=Cc1ccc(N2CCCCC2)cc1. The molecule has 29 heavy (non-hydrogen) atoms. The van der Waals surface area contributed by atoms with Gasteiger partial charge in [-0.05, 0) is 80.7 Å². The molecule has 2 heterocycles. The van der Waals surface area contributed by atoms with Gasteiger partial charge in [0.25, 0.3) is 0 Å². The summed E-state index contributed by atoms with van der Waals surface area (Å²) in [6.45, 7) is 2.31. The first-order valence-corrected chi connectivity index (χ1v) is 12.2. The van der Waals surface area contributed by atoms with Gasteiger partial charge in [0.05, 0.1) is 4.21 Å². The lowest BCUT2D eigenvalue weighted by atomic mass is 10.1. The second-order valence-electron chi connectivity index (χ2n) is 6.58. The van der Waals surface area contributed by atoms with Crippen molar-refractivity contribution >= 4 is 47.0 Å². The van der Waals surface area contributed by atoms with Crippen LogP contribution in [0.2, 0.25) is 0 Å². The molecule has 0 atom stereocenters. The quantitative estimate of drug-likeness (QED) is 0.343. The van der Waals surface area contributed by atoms with Crippen LogP contribution in [0, 0.1) is 0 Å². The number of anilines is 1. The number of carbonyl (C=O) groups is 1. The van der Waals surface area contributed by atoms with Gasteiger partial charge < -0.3 is 4.90 Å². The summed E-state index contributed by atoms with van der Waals surface area (Å²) < 4.78 is 4.38. The molecule has 1 N–H and O–H groups in total. The zero-order valence-corrected chi connectivity index (χ0v) is 19.0. The first-order valence-electron chi connectivity index (χ1n) is 9.73. The van der Waals surface area contributed by atoms with Crippen LogP contribution in [0.25, 0.3) is 0 Å². The van der Waals surface area contributed by atoms with Crippen molar-refractivity contribution in [3.8, 4) is 0 Å². The monoisotopic (exact) mass is 442 g/mol. The van der Waals surface area contributed by atoms with Gasteiger partial charge in [-0.1, -0.05) is 30.0 Å². The van der Waals surface area contributed by atoms with E-state index in [2.05, 4.69) is 45.3 Å². The van der Waals surface area contributed by atoms with Crippen LogP contribution in [0.5, 0.6) is 0 Å². The molecule has 1 fully saturated rings. The van der Waals surface area contributed by atoms with Crippen LogP contribution in [0.1, 0.15) is 29.6 Å². The predicted molar refractivity (Wildman–Crippen MR) is 128 cm³/mol. The highest BCUT2D eigenvalue weighted by atomic mass is 32.2. The Morgan fingerprint density at radius 2 is 1.69 bits per heavy atom. The van der Waals surface area contributed by atoms with Gasteiger partial charge in [-0.3, -0.25) is 9.52 Å². The van der Waals surface area contributed by atoms with E-state index in [9.17, 15) is 4.79 Å². The van der Waals surface area contributed by atoms with Gasteiger partial charge in [-0.25, -0.2) is 0 Å². The van der Waals surface area contributed by atoms with E-state index >= 15 is 0 Å². The van der Waals surface area contributed by atoms with Gasteiger partial charge in [0, 0.05) is 39.5 Å². The van der Waals surface area contributed by atoms with Gasteiger partial charge in [-0.2, -0.15) is 0 Å². The van der Waals surface area contributed by atoms with E-state index in [4.69, 9.17) is 0 Å². The average Bonchev–Trinajstić information content (AvgIpc) is 3.23. The van der Waals surface area contributed by atoms with Crippen LogP contribution in [0.15, 0.2) is 80.0 Å². The molecule has 2 aromatic carbocycles. The molecule has 1 aliphatic heterocycles. The van der Waals surface area contributed by atoms with Crippen LogP contribution in [0.3, 0.4) is 0 Å². The number of hydrogen-bond donors (Lipinski definition) is 1. The molecule has 0 bridgehead atoms. The van der Waals surface area contributed by atoms with Crippen molar-refractivity contribution in [2.45, 2.75) is 33.3 Å². The summed E-state index contributed by atoms with van der Waals surface area (Å²) in [5.74, 6) is 0. The number of nitrogens with one attached hydrogen (secondary N) is 1. The Kier molecular flexibility index (Phi) is 9.15. The number of aldehydes is 1. The summed E-state index contributed by atoms with van der Waals surface area (Å²) in [4.78, 5) is 15.5. The van der Waals surface area contributed by atoms with Crippen molar-refractivity contribution in [1.29, 1.82) is 0 Å². The average molecular weight is 443 g/mol. The van der Waals surface area contributed by atoms with Gasteiger partial charge in [0.15, 0.2) is 0 Å². The zero-order valence-electron chi connectivity index (χ0n) is 16.5. The number of benzene rings is 2. The second-order valence-corrected chi connectivity index (χ2v) is 9.95. The molecule has 3 aromatic rings. The van der Waals surface area contributed by atoms with Gasteiger partial charge in [-0.15, -0.1) is 11.3 Å². The zero-order chi connectivity index (χ0) is 20.3. The number of hydrogen-bond acceptors (Lipinski definition) is 6. The smallest absolute Gasteiger partial charge is 0.150 e. The standard InChI is InChI=1S/C12H15NO.C11H11NS3/c14-10-11-4-6-12(7-5-11)13-8-2-1-3-9-13;1-12-15-11-7-10(8-13-11)14-9-5-3-2-4-6-9/h4-7,10H,1-3,8-9H2;2-8,12H,1H3. The minimum Gasteiger partial charge on any atom is -0.372 e. The van der Waals surface area contributed by atoms with Crippen LogP contribution in [-0.2, 0) is 0 Å². The van der Waals surface area contributed by atoms with Crippen LogP contribution in [-0.4, -0.2) is 26.4 Å². The van der Waals surface area contributed by atoms with Crippen molar-refractivity contribution in [1.82, 2.24) is 4.72 Å². The summed E-state index contributed by atoms with van der Waals surface area (Å²) in [5.41, 5.74) is 2.00. The molecule has 0 aliphatic carbocycles. The molecule has 3 nitrogen and oxygen atoms in total. The van der Waals surface area contributed by atoms with Crippen molar-refractivity contribution in [2.75, 3.05) is 25.0 Å². The molecule has 0 unspecified atom stereocenters. The van der Waals surface area contributed by atoms with Crippen LogP contribution in [0.4, 0.5) is 5.69 Å². The van der Waals surface area contributed by atoms with E-state index in [1.54, 1.807) is 35.0 Å². The molecule has 0 radical (unpaired) electrons. The molecule has 0 spiro atoms. The molecule has 1 aliphatic rings. The minimum absolute atomic E-state index is 0.755. The third-order valence-electron chi connectivity index (χ3n) is 4.48. The van der Waals surface area contributed by atoms with E-state index < -0.39 is 0 Å². The Bertz CT molecular complexity index is 859. The molecule has 0 amide bonds. The van der Waals surface area contributed by atoms with Crippen molar-refractivity contribution < 1.29 is 4.79 Å². The summed E-state index contributed by atoms with van der Waals surface area (Å²) in [7, 11) is 1.94. The van der Waals surface area contributed by atoms with Crippen LogP contribution < -0.4 is 9.62 Å². The molecule has 0 saturated carbocycles. The van der Waals surface area contributed by atoms with E-state index in [1.165, 1.54) is 38.9 Å². The highest BCUT2D eigenvalue weighted by molar-refractivity contribution is 8.00. The third-order valence-corrected chi connectivity index (χ3v) is 7.40. The van der Waals surface area contributed by atoms with E-state index in [0.717, 1.165) is 24.9 Å². The Labute approximate surface area is 186 Å². The normalized spacial score (nSPS) is 13.5. The second kappa shape index (κ2) is 12.1. The summed E-state index contributed by atoms with van der Waals surface area (Å²) >= 11 is 5.24. The van der Waals surface area contributed by atoms with Gasteiger partial charge in [0.1, 0.15) is 6.29 Å². The number of piperidine rings is 1. The number of carbonyl (C=O) groups excluding carboxylic acids is 1. The fourth-order valence-electron chi connectivity index (χ4n) is 3.05. The van der Waals surface area contributed by atoms with Gasteiger partial charge >= 0.3 is 0 Å². The highest BCUT2D eigenvalue weighted by Crippen LogP contribution is 2.34. The maximum atomic E-state index is 10.5. The lowest BCUT2D eigenvalue weighted by Crippen LogP contribution is -2.29. The Morgan fingerprint density at radius 3 is 2.34 bits per heavy atom. The summed E-state index contributed by atoms with van der Waals surface area (Å²) in [6, 6.07) is 20.5. The maximum absolute atomic E-state index is 10.5. The lowest BCUT2D eigenvalue weighted by molar-refractivity contribution is 0.112. The fourth-order valence-corrected chi connectivity index (χ4v) is 5.75. The molecule has 152 valence electrons. The Hall–Kier alpha value is -1.73. The van der Waals surface area contributed by atoms with Crippen molar-refractivity contribution in [2.24, 2.45) is 0 Å². The van der Waals surface area contributed by atoms with E-state index in [1.807, 2.05) is 37.4 Å². The molecule has 1 saturated heterocycles. The molecule has 4 rings (SSSR count). The van der Waals surface area contributed by atoms with Crippen molar-refractivity contribution in [3.05, 3.63) is 71.6 Å². The van der Waals surface area contributed by atoms with E-state index in [0.29, 0.717) is 0 Å². The van der Waals surface area contributed by atoms with Gasteiger partial charge in [0.2, 0.25) is 0 Å². The molecule has 6 heteroatoms. The number of nitrogens with zero attached hydrogens (tertiary/aromatic N) is 1. The largest absolute Gasteiger partial charge is 0.372 e. The minimum atomic E-state index is 0.755. The maximum Gasteiger partial charge on any atom is 0.150 e. The Balaban J connectivity index is 0.000000166. The number of rotatable bonds is 6. The summed E-state index contributed by atoms with van der Waals surface area (Å²) in [6.07, 6.45) is 4.81. The fraction of sp³-hybridized carbons (Fsp3) is 0.261. The van der Waals surface area contributed by atoms with Crippen LogP contribution >= 0.6 is 35.0 Å². The predicted octanol–water partition coefficient (Wildman–Crippen LogP) is 6.62.